The lowest BCUT2D eigenvalue weighted by molar-refractivity contribution is 0.0772. The number of benzene rings is 1. The van der Waals surface area contributed by atoms with Gasteiger partial charge in [0, 0.05) is 31.4 Å². The number of morpholine rings is 1. The van der Waals surface area contributed by atoms with E-state index in [1.165, 1.54) is 0 Å². The van der Waals surface area contributed by atoms with E-state index < -0.39 is 0 Å². The number of anilines is 1. The zero-order valence-corrected chi connectivity index (χ0v) is 15.5. The number of amides is 1. The predicted molar refractivity (Wildman–Crippen MR) is 101 cm³/mol. The number of pyridine rings is 1. The highest BCUT2D eigenvalue weighted by molar-refractivity contribution is 6.30. The third-order valence-corrected chi connectivity index (χ3v) is 4.40. The van der Waals surface area contributed by atoms with Gasteiger partial charge in [-0.1, -0.05) is 17.7 Å². The average Bonchev–Trinajstić information content (AvgIpc) is 2.68. The first kappa shape index (κ1) is 18.5. The summed E-state index contributed by atoms with van der Waals surface area (Å²) in [4.78, 5) is 21.0. The number of ether oxygens (including phenoxy) is 2. The number of carbonyl (C=O) groups excluding carboxylic acids is 1. The van der Waals surface area contributed by atoms with Crippen LogP contribution in [-0.4, -0.2) is 62.3 Å². The van der Waals surface area contributed by atoms with E-state index in [2.05, 4.69) is 9.88 Å². The minimum Gasteiger partial charge on any atom is -0.492 e. The normalized spacial score (nSPS) is 14.2. The Labute approximate surface area is 158 Å². The summed E-state index contributed by atoms with van der Waals surface area (Å²) in [5, 5.41) is 0.623. The van der Waals surface area contributed by atoms with Crippen molar-refractivity contribution in [3.05, 3.63) is 53.2 Å². The molecule has 1 aliphatic rings. The van der Waals surface area contributed by atoms with E-state index in [9.17, 15) is 4.79 Å². The van der Waals surface area contributed by atoms with E-state index in [1.54, 1.807) is 36.3 Å². The van der Waals surface area contributed by atoms with E-state index in [0.29, 0.717) is 48.5 Å². The molecule has 0 aliphatic carbocycles. The van der Waals surface area contributed by atoms with Crippen molar-refractivity contribution in [2.75, 3.05) is 51.4 Å². The second-order valence-electron chi connectivity index (χ2n) is 6.01. The smallest absolute Gasteiger partial charge is 0.257 e. The van der Waals surface area contributed by atoms with E-state index in [0.717, 1.165) is 13.1 Å². The van der Waals surface area contributed by atoms with Gasteiger partial charge < -0.3 is 19.3 Å². The molecule has 0 spiro atoms. The van der Waals surface area contributed by atoms with Crippen LogP contribution < -0.4 is 9.64 Å². The fourth-order valence-electron chi connectivity index (χ4n) is 2.76. The molecule has 0 unspecified atom stereocenters. The molecule has 0 saturated carbocycles. The monoisotopic (exact) mass is 375 g/mol. The third-order valence-electron chi connectivity index (χ3n) is 4.17. The fourth-order valence-corrected chi connectivity index (χ4v) is 2.94. The van der Waals surface area contributed by atoms with E-state index in [4.69, 9.17) is 21.1 Å². The Balaban J connectivity index is 1.61. The number of rotatable bonds is 6. The molecule has 2 heterocycles. The van der Waals surface area contributed by atoms with Crippen LogP contribution in [0.25, 0.3) is 0 Å². The molecular weight excluding hydrogens is 354 g/mol. The number of halogens is 1. The van der Waals surface area contributed by atoms with E-state index in [1.807, 2.05) is 18.2 Å². The van der Waals surface area contributed by atoms with Gasteiger partial charge in [-0.3, -0.25) is 4.79 Å². The molecule has 3 rings (SSSR count). The summed E-state index contributed by atoms with van der Waals surface area (Å²) in [5.74, 6) is 1.33. The van der Waals surface area contributed by atoms with Crippen LogP contribution in [0.4, 0.5) is 5.82 Å². The molecule has 138 valence electrons. The lowest BCUT2D eigenvalue weighted by Crippen LogP contribution is -2.39. The first-order valence-electron chi connectivity index (χ1n) is 8.56. The second kappa shape index (κ2) is 8.87. The minimum atomic E-state index is -0.0747. The van der Waals surface area contributed by atoms with Crippen LogP contribution >= 0.6 is 11.6 Å². The second-order valence-corrected chi connectivity index (χ2v) is 6.44. The van der Waals surface area contributed by atoms with Gasteiger partial charge in [-0.05, 0) is 30.3 Å². The van der Waals surface area contributed by atoms with Crippen molar-refractivity contribution >= 4 is 23.3 Å². The first-order chi connectivity index (χ1) is 12.6. The van der Waals surface area contributed by atoms with E-state index >= 15 is 0 Å². The molecule has 0 bridgehead atoms. The standard InChI is InChI=1S/C19H22ClN3O3/c1-22(8-13-26-16-5-2-4-15(20)14-16)19(24)17-6-3-7-21-18(17)23-9-11-25-12-10-23/h2-7,14H,8-13H2,1H3. The van der Waals surface area contributed by atoms with Crippen LogP contribution in [0.2, 0.25) is 5.02 Å². The van der Waals surface area contributed by atoms with Gasteiger partial charge in [0.2, 0.25) is 0 Å². The molecule has 7 heteroatoms. The Hall–Kier alpha value is -2.31. The molecule has 1 aromatic carbocycles. The molecule has 1 amide bonds. The average molecular weight is 376 g/mol. The fraction of sp³-hybridized carbons (Fsp3) is 0.368. The molecule has 1 saturated heterocycles. The summed E-state index contributed by atoms with van der Waals surface area (Å²) in [5.41, 5.74) is 0.597. The van der Waals surface area contributed by atoms with Gasteiger partial charge in [0.1, 0.15) is 18.2 Å². The highest BCUT2D eigenvalue weighted by atomic mass is 35.5. The summed E-state index contributed by atoms with van der Waals surface area (Å²) >= 11 is 5.94. The first-order valence-corrected chi connectivity index (χ1v) is 8.94. The topological polar surface area (TPSA) is 54.9 Å². The maximum atomic E-state index is 12.9. The van der Waals surface area contributed by atoms with Crippen molar-refractivity contribution in [3.63, 3.8) is 0 Å². The summed E-state index contributed by atoms with van der Waals surface area (Å²) in [6, 6.07) is 10.8. The largest absolute Gasteiger partial charge is 0.492 e. The highest BCUT2D eigenvalue weighted by Crippen LogP contribution is 2.20. The Bertz CT molecular complexity index is 750. The number of hydrogen-bond donors (Lipinski definition) is 0. The van der Waals surface area contributed by atoms with E-state index in [-0.39, 0.29) is 5.91 Å². The van der Waals surface area contributed by atoms with Gasteiger partial charge in [0.25, 0.3) is 5.91 Å². The Morgan fingerprint density at radius 2 is 2.12 bits per heavy atom. The van der Waals surface area contributed by atoms with Gasteiger partial charge in [-0.15, -0.1) is 0 Å². The van der Waals surface area contributed by atoms with Crippen LogP contribution in [0.5, 0.6) is 5.75 Å². The zero-order chi connectivity index (χ0) is 18.4. The molecule has 1 aromatic heterocycles. The van der Waals surface area contributed by atoms with Crippen LogP contribution in [0.3, 0.4) is 0 Å². The molecule has 6 nitrogen and oxygen atoms in total. The number of nitrogens with zero attached hydrogens (tertiary/aromatic N) is 3. The highest BCUT2D eigenvalue weighted by Gasteiger charge is 2.22. The Kier molecular flexibility index (Phi) is 6.30. The molecule has 1 fully saturated rings. The van der Waals surface area contributed by atoms with Crippen molar-refractivity contribution in [1.82, 2.24) is 9.88 Å². The van der Waals surface area contributed by atoms with Crippen molar-refractivity contribution in [2.24, 2.45) is 0 Å². The van der Waals surface area contributed by atoms with Crippen LogP contribution in [0.15, 0.2) is 42.6 Å². The quantitative estimate of drug-likeness (QED) is 0.777. The van der Waals surface area contributed by atoms with Gasteiger partial charge in [0.15, 0.2) is 0 Å². The molecular formula is C19H22ClN3O3. The SMILES string of the molecule is CN(CCOc1cccc(Cl)c1)C(=O)c1cccnc1N1CCOCC1. The number of aromatic nitrogens is 1. The third kappa shape index (κ3) is 4.65. The maximum absolute atomic E-state index is 12.9. The summed E-state index contributed by atoms with van der Waals surface area (Å²) in [7, 11) is 1.76. The number of carbonyl (C=O) groups is 1. The van der Waals surface area contributed by atoms with Gasteiger partial charge >= 0.3 is 0 Å². The molecule has 1 aliphatic heterocycles. The van der Waals surface area contributed by atoms with Crippen molar-refractivity contribution in [2.45, 2.75) is 0 Å². The summed E-state index contributed by atoms with van der Waals surface area (Å²) in [6.45, 7) is 3.61. The zero-order valence-electron chi connectivity index (χ0n) is 14.7. The van der Waals surface area contributed by atoms with Gasteiger partial charge in [-0.25, -0.2) is 4.98 Å². The van der Waals surface area contributed by atoms with Gasteiger partial charge in [0.05, 0.1) is 25.3 Å². The molecule has 26 heavy (non-hydrogen) atoms. The van der Waals surface area contributed by atoms with Crippen LogP contribution in [0, 0.1) is 0 Å². The Morgan fingerprint density at radius 1 is 1.31 bits per heavy atom. The van der Waals surface area contributed by atoms with Gasteiger partial charge in [-0.2, -0.15) is 0 Å². The van der Waals surface area contributed by atoms with Crippen LogP contribution in [-0.2, 0) is 4.74 Å². The van der Waals surface area contributed by atoms with Crippen molar-refractivity contribution in [1.29, 1.82) is 0 Å². The lowest BCUT2D eigenvalue weighted by atomic mass is 10.2. The maximum Gasteiger partial charge on any atom is 0.257 e. The predicted octanol–water partition coefficient (Wildman–Crippen LogP) is 2.72. The van der Waals surface area contributed by atoms with Crippen molar-refractivity contribution < 1.29 is 14.3 Å². The van der Waals surface area contributed by atoms with Crippen LogP contribution in [0.1, 0.15) is 10.4 Å². The lowest BCUT2D eigenvalue weighted by Gasteiger charge is -2.29. The molecule has 0 radical (unpaired) electrons. The molecule has 0 atom stereocenters. The summed E-state index contributed by atoms with van der Waals surface area (Å²) < 4.78 is 11.1. The number of likely N-dealkylation sites (N-methyl/N-ethyl adjacent to an activating group) is 1. The molecule has 2 aromatic rings. The number of hydrogen-bond acceptors (Lipinski definition) is 5. The minimum absolute atomic E-state index is 0.0747. The van der Waals surface area contributed by atoms with Crippen molar-refractivity contribution in [3.8, 4) is 5.75 Å². The summed E-state index contributed by atoms with van der Waals surface area (Å²) in [6.07, 6.45) is 1.71. The molecule has 0 N–H and O–H groups in total. The Morgan fingerprint density at radius 3 is 2.88 bits per heavy atom.